The fraction of sp³-hybridized carbons (Fsp3) is 0.333. The Morgan fingerprint density at radius 1 is 1.19 bits per heavy atom. The standard InChI is InChI=1S/C21H25NO4/c1-15-12-19(17(3)22(15)16(2)13-25-4)20(23)14-26-21(24)11-10-18-8-6-5-7-9-18/h5-12,16H,13-14H2,1-4H3/b11-10+/t16-/m1/s1. The summed E-state index contributed by atoms with van der Waals surface area (Å²) < 4.78 is 12.3. The van der Waals surface area contributed by atoms with Gasteiger partial charge in [0.25, 0.3) is 0 Å². The molecule has 1 atom stereocenters. The van der Waals surface area contributed by atoms with Crippen molar-refractivity contribution in [2.24, 2.45) is 0 Å². The van der Waals surface area contributed by atoms with Crippen molar-refractivity contribution in [2.75, 3.05) is 20.3 Å². The van der Waals surface area contributed by atoms with Gasteiger partial charge in [0.2, 0.25) is 5.78 Å². The van der Waals surface area contributed by atoms with Gasteiger partial charge in [0.15, 0.2) is 6.61 Å². The maximum absolute atomic E-state index is 12.4. The molecule has 0 amide bonds. The second-order valence-corrected chi connectivity index (χ2v) is 6.23. The van der Waals surface area contributed by atoms with Crippen LogP contribution in [-0.4, -0.2) is 36.6 Å². The Kier molecular flexibility index (Phi) is 6.92. The van der Waals surface area contributed by atoms with Gasteiger partial charge in [-0.3, -0.25) is 4.79 Å². The second kappa shape index (κ2) is 9.15. The lowest BCUT2D eigenvalue weighted by Gasteiger charge is -2.17. The molecule has 0 N–H and O–H groups in total. The molecule has 138 valence electrons. The minimum absolute atomic E-state index is 0.123. The van der Waals surface area contributed by atoms with Crippen LogP contribution in [0.25, 0.3) is 6.08 Å². The summed E-state index contributed by atoms with van der Waals surface area (Å²) in [6.45, 7) is 6.16. The van der Waals surface area contributed by atoms with Gasteiger partial charge < -0.3 is 14.0 Å². The Bertz CT molecular complexity index is 790. The minimum atomic E-state index is -0.538. The number of hydrogen-bond acceptors (Lipinski definition) is 4. The number of aryl methyl sites for hydroxylation is 1. The maximum atomic E-state index is 12.4. The zero-order chi connectivity index (χ0) is 19.1. The number of carbonyl (C=O) groups is 2. The lowest BCUT2D eigenvalue weighted by molar-refractivity contribution is -0.136. The van der Waals surface area contributed by atoms with Crippen molar-refractivity contribution < 1.29 is 19.1 Å². The molecule has 0 radical (unpaired) electrons. The average Bonchev–Trinajstić information content (AvgIpc) is 2.93. The first-order chi connectivity index (χ1) is 12.4. The molecule has 0 saturated heterocycles. The monoisotopic (exact) mass is 355 g/mol. The number of ketones is 1. The molecule has 5 nitrogen and oxygen atoms in total. The first-order valence-corrected chi connectivity index (χ1v) is 8.54. The Balaban J connectivity index is 1.99. The topological polar surface area (TPSA) is 57.5 Å². The van der Waals surface area contributed by atoms with Gasteiger partial charge in [0.05, 0.1) is 12.6 Å². The number of methoxy groups -OCH3 is 1. The number of aromatic nitrogens is 1. The molecule has 0 spiro atoms. The fourth-order valence-electron chi connectivity index (χ4n) is 3.04. The van der Waals surface area contributed by atoms with E-state index in [-0.39, 0.29) is 18.4 Å². The molecule has 1 aromatic carbocycles. The van der Waals surface area contributed by atoms with Gasteiger partial charge in [-0.15, -0.1) is 0 Å². The van der Waals surface area contributed by atoms with Gasteiger partial charge in [0.1, 0.15) is 0 Å². The summed E-state index contributed by atoms with van der Waals surface area (Å²) in [5.74, 6) is -0.751. The Morgan fingerprint density at radius 2 is 1.88 bits per heavy atom. The van der Waals surface area contributed by atoms with E-state index in [9.17, 15) is 9.59 Å². The van der Waals surface area contributed by atoms with Crippen LogP contribution in [0.15, 0.2) is 42.5 Å². The van der Waals surface area contributed by atoms with Crippen LogP contribution < -0.4 is 0 Å². The largest absolute Gasteiger partial charge is 0.454 e. The molecular formula is C21H25NO4. The molecule has 0 unspecified atom stereocenters. The SMILES string of the molecule is COC[C@@H](C)n1c(C)cc(C(=O)COC(=O)/C=C/c2ccccc2)c1C. The van der Waals surface area contributed by atoms with E-state index in [0.717, 1.165) is 17.0 Å². The zero-order valence-corrected chi connectivity index (χ0v) is 15.7. The van der Waals surface area contributed by atoms with E-state index in [4.69, 9.17) is 9.47 Å². The summed E-state index contributed by atoms with van der Waals surface area (Å²) in [7, 11) is 1.65. The third kappa shape index (κ3) is 4.92. The highest BCUT2D eigenvalue weighted by molar-refractivity contribution is 6.00. The highest BCUT2D eigenvalue weighted by atomic mass is 16.5. The van der Waals surface area contributed by atoms with Crippen molar-refractivity contribution in [3.8, 4) is 0 Å². The minimum Gasteiger partial charge on any atom is -0.454 e. The number of rotatable bonds is 8. The lowest BCUT2D eigenvalue weighted by atomic mass is 10.1. The van der Waals surface area contributed by atoms with E-state index < -0.39 is 5.97 Å². The fourth-order valence-corrected chi connectivity index (χ4v) is 3.04. The van der Waals surface area contributed by atoms with Gasteiger partial charge in [-0.2, -0.15) is 0 Å². The van der Waals surface area contributed by atoms with Gasteiger partial charge >= 0.3 is 5.97 Å². The first-order valence-electron chi connectivity index (χ1n) is 8.54. The van der Waals surface area contributed by atoms with Crippen molar-refractivity contribution >= 4 is 17.8 Å². The number of Topliss-reactive ketones (excluding diaryl/α,β-unsaturated/α-hetero) is 1. The highest BCUT2D eigenvalue weighted by Gasteiger charge is 2.19. The van der Waals surface area contributed by atoms with Crippen LogP contribution in [0.1, 0.15) is 40.3 Å². The Labute approximate surface area is 154 Å². The maximum Gasteiger partial charge on any atom is 0.331 e. The summed E-state index contributed by atoms with van der Waals surface area (Å²) in [5, 5.41) is 0. The Hall–Kier alpha value is -2.66. The number of carbonyl (C=O) groups excluding carboxylic acids is 2. The van der Waals surface area contributed by atoms with Crippen LogP contribution in [0, 0.1) is 13.8 Å². The molecule has 0 bridgehead atoms. The molecule has 0 saturated carbocycles. The number of esters is 1. The smallest absolute Gasteiger partial charge is 0.331 e. The van der Waals surface area contributed by atoms with E-state index in [1.165, 1.54) is 6.08 Å². The third-order valence-electron chi connectivity index (χ3n) is 4.19. The van der Waals surface area contributed by atoms with Crippen LogP contribution in [0.4, 0.5) is 0 Å². The molecule has 0 aliphatic carbocycles. The molecule has 1 heterocycles. The van der Waals surface area contributed by atoms with E-state index in [1.54, 1.807) is 13.2 Å². The molecule has 2 rings (SSSR count). The van der Waals surface area contributed by atoms with Gasteiger partial charge in [-0.25, -0.2) is 4.79 Å². The van der Waals surface area contributed by atoms with Crippen molar-refractivity contribution in [1.29, 1.82) is 0 Å². The predicted molar refractivity (Wildman–Crippen MR) is 101 cm³/mol. The lowest BCUT2D eigenvalue weighted by Crippen LogP contribution is -2.16. The van der Waals surface area contributed by atoms with Crippen LogP contribution in [0.2, 0.25) is 0 Å². The highest BCUT2D eigenvalue weighted by Crippen LogP contribution is 2.21. The Morgan fingerprint density at radius 3 is 2.54 bits per heavy atom. The van der Waals surface area contributed by atoms with Crippen LogP contribution in [-0.2, 0) is 14.3 Å². The molecule has 1 aromatic heterocycles. The number of hydrogen-bond donors (Lipinski definition) is 0. The van der Waals surface area contributed by atoms with Gasteiger partial charge in [-0.1, -0.05) is 30.3 Å². The van der Waals surface area contributed by atoms with E-state index in [0.29, 0.717) is 12.2 Å². The number of ether oxygens (including phenoxy) is 2. The van der Waals surface area contributed by atoms with E-state index >= 15 is 0 Å². The molecule has 0 aliphatic rings. The van der Waals surface area contributed by atoms with E-state index in [2.05, 4.69) is 4.57 Å². The molecular weight excluding hydrogens is 330 g/mol. The third-order valence-corrected chi connectivity index (χ3v) is 4.19. The van der Waals surface area contributed by atoms with Crippen molar-refractivity contribution in [2.45, 2.75) is 26.8 Å². The summed E-state index contributed by atoms with van der Waals surface area (Å²) in [6.07, 6.45) is 2.98. The molecule has 2 aromatic rings. The molecule has 5 heteroatoms. The van der Waals surface area contributed by atoms with E-state index in [1.807, 2.05) is 57.2 Å². The zero-order valence-electron chi connectivity index (χ0n) is 15.7. The van der Waals surface area contributed by atoms with Crippen molar-refractivity contribution in [3.63, 3.8) is 0 Å². The number of nitrogens with zero attached hydrogens (tertiary/aromatic N) is 1. The molecule has 26 heavy (non-hydrogen) atoms. The van der Waals surface area contributed by atoms with Crippen LogP contribution >= 0.6 is 0 Å². The summed E-state index contributed by atoms with van der Waals surface area (Å²) in [6, 6.07) is 11.4. The van der Waals surface area contributed by atoms with Crippen molar-refractivity contribution in [1.82, 2.24) is 4.57 Å². The average molecular weight is 355 g/mol. The second-order valence-electron chi connectivity index (χ2n) is 6.23. The predicted octanol–water partition coefficient (Wildman–Crippen LogP) is 3.75. The van der Waals surface area contributed by atoms with Gasteiger partial charge in [-0.05, 0) is 38.5 Å². The first kappa shape index (κ1) is 19.7. The van der Waals surface area contributed by atoms with Gasteiger partial charge in [0, 0.05) is 30.1 Å². The number of benzene rings is 1. The normalized spacial score (nSPS) is 12.3. The molecule has 0 fully saturated rings. The summed E-state index contributed by atoms with van der Waals surface area (Å²) in [4.78, 5) is 24.3. The summed E-state index contributed by atoms with van der Waals surface area (Å²) in [5.41, 5.74) is 3.30. The van der Waals surface area contributed by atoms with Crippen molar-refractivity contribution in [3.05, 3.63) is 65.0 Å². The quantitative estimate of drug-likeness (QED) is 0.411. The van der Waals surface area contributed by atoms with Crippen LogP contribution in [0.5, 0.6) is 0 Å². The molecule has 0 aliphatic heterocycles. The van der Waals surface area contributed by atoms with Crippen LogP contribution in [0.3, 0.4) is 0 Å². The summed E-state index contributed by atoms with van der Waals surface area (Å²) >= 11 is 0.